The fourth-order valence-corrected chi connectivity index (χ4v) is 0. The van der Waals surface area contributed by atoms with E-state index >= 15 is 0 Å². The zero-order chi connectivity index (χ0) is 2.71. The summed E-state index contributed by atoms with van der Waals surface area (Å²) in [5.74, 6) is 0. The van der Waals surface area contributed by atoms with Crippen LogP contribution in [0.3, 0.4) is 0 Å². The Hall–Kier alpha value is 1.26. The number of hydrogen-bond acceptors (Lipinski definition) is 0. The molecule has 0 saturated heterocycles. The molecule has 0 aliphatic heterocycles. The van der Waals surface area contributed by atoms with Gasteiger partial charge < -0.3 is 24.0 Å². The monoisotopic (exact) mass is 183 g/mol. The van der Waals surface area contributed by atoms with Gasteiger partial charge in [0.1, 0.15) is 0 Å². The van der Waals surface area contributed by atoms with Crippen LogP contribution in [0.4, 0.5) is 0 Å². The topological polar surface area (TPSA) is 0 Å². The molecule has 4 heavy (non-hydrogen) atoms. The zero-order valence-corrected chi connectivity index (χ0v) is 5.97. The first kappa shape index (κ1) is 8.98. The van der Waals surface area contributed by atoms with Crippen molar-refractivity contribution in [1.82, 2.24) is 0 Å². The van der Waals surface area contributed by atoms with Crippen LogP contribution in [0.5, 0.6) is 0 Å². The van der Waals surface area contributed by atoms with E-state index in [4.69, 9.17) is 0 Å². The molecule has 0 N–H and O–H groups in total. The van der Waals surface area contributed by atoms with Crippen LogP contribution in [0.15, 0.2) is 0 Å². The average Bonchev–Trinajstić information content (AvgIpc) is 0.918. The van der Waals surface area contributed by atoms with Gasteiger partial charge in [0.05, 0.1) is 0 Å². The van der Waals surface area contributed by atoms with Crippen LogP contribution >= 0.6 is 0 Å². The Morgan fingerprint density at radius 3 is 1.75 bits per heavy atom. The van der Waals surface area contributed by atoms with Gasteiger partial charge >= 0.3 is 28.5 Å². The summed E-state index contributed by atoms with van der Waals surface area (Å²) >= 11 is 2.58. The van der Waals surface area contributed by atoms with E-state index in [2.05, 4.69) is 23.2 Å². The van der Waals surface area contributed by atoms with Crippen LogP contribution in [-0.2, 0) is 0 Å². The third-order valence-corrected chi connectivity index (χ3v) is 0. The maximum atomic E-state index is 2.58. The third-order valence-electron chi connectivity index (χ3n) is 0. The average molecular weight is 183 g/mol. The minimum absolute atomic E-state index is 0. The van der Waals surface area contributed by atoms with Gasteiger partial charge in [-0.05, 0) is 0 Å². The standard InChI is InChI=1S/C2H5.Al.HI/c1-2;;/h1H2,2H3;;1H/q;+2;/p-1. The fourth-order valence-electron chi connectivity index (χ4n) is 0. The van der Waals surface area contributed by atoms with E-state index in [1.807, 2.05) is 0 Å². The number of hydrogen-bond donors (Lipinski definition) is 0. The second-order valence-corrected chi connectivity index (χ2v) is 1.22. The summed E-state index contributed by atoms with van der Waals surface area (Å²) in [5.41, 5.74) is 0. The normalized spacial score (nSPS) is 4.75. The molecule has 22 valence electrons. The van der Waals surface area contributed by atoms with Crippen molar-refractivity contribution >= 4 is 16.3 Å². The van der Waals surface area contributed by atoms with E-state index in [-0.39, 0.29) is 24.0 Å². The van der Waals surface area contributed by atoms with Gasteiger partial charge in [-0.1, -0.05) is 0 Å². The van der Waals surface area contributed by atoms with Gasteiger partial charge in [-0.3, -0.25) is 0 Å². The van der Waals surface area contributed by atoms with Crippen LogP contribution in [-0.4, -0.2) is 16.3 Å². The molecular weight excluding hydrogens is 178 g/mol. The predicted molar refractivity (Wildman–Crippen MR) is 16.2 cm³/mol. The first-order valence-corrected chi connectivity index (χ1v) is 1.93. The van der Waals surface area contributed by atoms with Gasteiger partial charge in [-0.2, -0.15) is 0 Å². The van der Waals surface area contributed by atoms with Gasteiger partial charge in [-0.15, -0.1) is 0 Å². The van der Waals surface area contributed by atoms with Crippen LogP contribution in [0.25, 0.3) is 0 Å². The van der Waals surface area contributed by atoms with Crippen molar-refractivity contribution in [2.24, 2.45) is 0 Å². The van der Waals surface area contributed by atoms with Gasteiger partial charge in [0, 0.05) is 0 Å². The molecule has 0 aromatic carbocycles. The largest absolute Gasteiger partial charge is 1.00 e. The Bertz CT molecular complexity index is 6.00. The molecule has 0 radical (unpaired) electrons. The third kappa shape index (κ3) is 10.5. The molecule has 2 heteroatoms. The molecule has 0 heterocycles. The Balaban J connectivity index is 0. The van der Waals surface area contributed by atoms with Gasteiger partial charge in [-0.25, -0.2) is 0 Å². The molecule has 0 atom stereocenters. The van der Waals surface area contributed by atoms with Crippen LogP contribution < -0.4 is 24.0 Å². The molecule has 0 bridgehead atoms. The molecule has 0 aliphatic carbocycles. The molecular formula is C2H5AlI+. The summed E-state index contributed by atoms with van der Waals surface area (Å²) < 4.78 is 0. The Morgan fingerprint density at radius 1 is 1.75 bits per heavy atom. The van der Waals surface area contributed by atoms with E-state index in [9.17, 15) is 0 Å². The summed E-state index contributed by atoms with van der Waals surface area (Å²) in [4.78, 5) is 0. The summed E-state index contributed by atoms with van der Waals surface area (Å²) in [7, 11) is 0. The van der Waals surface area contributed by atoms with Gasteiger partial charge in [0.25, 0.3) is 0 Å². The van der Waals surface area contributed by atoms with Crippen molar-refractivity contribution in [2.45, 2.75) is 12.2 Å². The van der Waals surface area contributed by atoms with Crippen molar-refractivity contribution in [3.63, 3.8) is 0 Å². The second kappa shape index (κ2) is 8.86. The van der Waals surface area contributed by atoms with Crippen molar-refractivity contribution < 1.29 is 24.0 Å². The molecule has 0 saturated carbocycles. The Labute approximate surface area is 52.4 Å². The van der Waals surface area contributed by atoms with E-state index in [0.717, 1.165) is 0 Å². The van der Waals surface area contributed by atoms with Crippen molar-refractivity contribution in [3.05, 3.63) is 0 Å². The minimum Gasteiger partial charge on any atom is -1.00 e. The van der Waals surface area contributed by atoms with Crippen molar-refractivity contribution in [3.8, 4) is 0 Å². The predicted octanol–water partition coefficient (Wildman–Crippen LogP) is -2.40. The minimum atomic E-state index is 0. The summed E-state index contributed by atoms with van der Waals surface area (Å²) in [6, 6.07) is 0. The first-order valence-electron chi connectivity index (χ1n) is 1.12. The van der Waals surface area contributed by atoms with Crippen LogP contribution in [0, 0.1) is 0 Å². The summed E-state index contributed by atoms with van der Waals surface area (Å²) in [6.07, 6.45) is 0. The molecule has 0 rings (SSSR count). The first-order chi connectivity index (χ1) is 1.41. The van der Waals surface area contributed by atoms with E-state index in [0.29, 0.717) is 0 Å². The van der Waals surface area contributed by atoms with E-state index in [1.54, 1.807) is 0 Å². The second-order valence-electron chi connectivity index (χ2n) is 0.408. The summed E-state index contributed by atoms with van der Waals surface area (Å²) in [6.45, 7) is 2.09. The number of rotatable bonds is 0. The smallest absolute Gasteiger partial charge is 1.00 e. The molecule has 0 spiro atoms. The van der Waals surface area contributed by atoms with Crippen molar-refractivity contribution in [1.29, 1.82) is 0 Å². The molecule has 0 amide bonds. The van der Waals surface area contributed by atoms with Crippen LogP contribution in [0.1, 0.15) is 6.92 Å². The number of halogens is 1. The SMILES string of the molecule is C[CH2][Al+2].[I-]. The maximum Gasteiger partial charge on any atom is -1.00 e. The molecule has 0 unspecified atom stereocenters. The maximum absolute atomic E-state index is 2.58. The summed E-state index contributed by atoms with van der Waals surface area (Å²) in [5, 5.41) is 1.17. The molecule has 0 aromatic heterocycles. The van der Waals surface area contributed by atoms with E-state index in [1.165, 1.54) is 5.28 Å². The Morgan fingerprint density at radius 2 is 1.75 bits per heavy atom. The Kier molecular flexibility index (Phi) is 19.9. The van der Waals surface area contributed by atoms with Crippen molar-refractivity contribution in [2.75, 3.05) is 0 Å². The van der Waals surface area contributed by atoms with E-state index < -0.39 is 0 Å². The van der Waals surface area contributed by atoms with Gasteiger partial charge in [0.15, 0.2) is 0 Å². The molecule has 0 nitrogen and oxygen atoms in total. The quantitative estimate of drug-likeness (QED) is 0.290. The molecule has 0 aliphatic rings. The zero-order valence-electron chi connectivity index (χ0n) is 2.66. The van der Waals surface area contributed by atoms with Gasteiger partial charge in [0.2, 0.25) is 0 Å². The molecule has 0 aromatic rings. The van der Waals surface area contributed by atoms with Crippen LogP contribution in [0.2, 0.25) is 5.28 Å². The fraction of sp³-hybridized carbons (Fsp3) is 1.00. The molecule has 0 fully saturated rings.